The molecule has 472 valence electrons. The van der Waals surface area contributed by atoms with Crippen molar-refractivity contribution < 1.29 is 67.4 Å². The number of alkyl carbamates (subject to hydrolysis) is 1. The van der Waals surface area contributed by atoms with Crippen LogP contribution < -0.4 is 54.2 Å². The second-order valence-electron chi connectivity index (χ2n) is 20.6. The summed E-state index contributed by atoms with van der Waals surface area (Å²) < 4.78 is 16.2. The fourth-order valence-electron chi connectivity index (χ4n) is 8.67. The van der Waals surface area contributed by atoms with Gasteiger partial charge in [-0.2, -0.15) is 0 Å². The predicted molar refractivity (Wildman–Crippen MR) is 312 cm³/mol. The van der Waals surface area contributed by atoms with Crippen molar-refractivity contribution in [2.45, 2.75) is 135 Å². The molecule has 0 unspecified atom stereocenters. The van der Waals surface area contributed by atoms with Crippen LogP contribution in [-0.4, -0.2) is 143 Å². The van der Waals surface area contributed by atoms with Crippen molar-refractivity contribution in [3.05, 3.63) is 128 Å². The lowest BCUT2D eigenvalue weighted by Gasteiger charge is -2.30. The second kappa shape index (κ2) is 36.7. The Bertz CT molecular complexity index is 2870. The highest BCUT2D eigenvalue weighted by atomic mass is 16.7. The summed E-state index contributed by atoms with van der Waals surface area (Å²) in [5.41, 5.74) is 16.5. The predicted octanol–water partition coefficient (Wildman–Crippen LogP) is 0.659. The number of nitrogens with one attached hydrogen (secondary N) is 8. The van der Waals surface area contributed by atoms with Gasteiger partial charge in [-0.1, -0.05) is 130 Å². The van der Waals surface area contributed by atoms with Gasteiger partial charge in [0.2, 0.25) is 35.4 Å². The van der Waals surface area contributed by atoms with Crippen LogP contribution in [0.1, 0.15) is 95.8 Å². The minimum atomic E-state index is -1.56. The number of esters is 2. The third kappa shape index (κ3) is 25.8. The van der Waals surface area contributed by atoms with Gasteiger partial charge in [0.25, 0.3) is 11.9 Å². The molecule has 0 saturated carbocycles. The summed E-state index contributed by atoms with van der Waals surface area (Å²) in [7, 11) is 0. The molecular formula is C56H77N15O16. The molecule has 31 nitrogen and oxygen atoms in total. The Morgan fingerprint density at radius 1 is 0.586 bits per heavy atom. The molecule has 1 saturated heterocycles. The molecule has 31 heteroatoms. The third-order valence-electron chi connectivity index (χ3n) is 13.2. The Kier molecular flexibility index (Phi) is 29.3. The molecule has 0 spiro atoms. The number of carbonyl (C=O) groups excluding carboxylic acids is 9. The molecule has 6 atom stereocenters. The smallest absolute Gasteiger partial charge is 0.407 e. The van der Waals surface area contributed by atoms with Gasteiger partial charge in [-0.3, -0.25) is 33.6 Å². The maximum atomic E-state index is 14.4. The van der Waals surface area contributed by atoms with Gasteiger partial charge in [0.15, 0.2) is 10.1 Å². The molecule has 3 aromatic carbocycles. The molecule has 87 heavy (non-hydrogen) atoms. The van der Waals surface area contributed by atoms with Crippen molar-refractivity contribution in [3.8, 4) is 0 Å². The SMILES string of the molecule is CC(C)[C@H](NC(=O)[C@H](CCCN=C(N)N[N+](=O)[O-])NC(=O)[C@@H]1CCCN1C(=O)CNC(=O)OCc1ccccc1)C(=O)N[C@H](C(=O)N[C@@H](CCC(=O)OCc1ccccc1)C(=O)N[C@@H](CCCN=C(N)N[N+](=O)[O-])C(=O)OCc1ccccc1)C(C)C. The summed E-state index contributed by atoms with van der Waals surface area (Å²) in [5, 5.41) is 35.5. The first-order valence-corrected chi connectivity index (χ1v) is 28.1. The van der Waals surface area contributed by atoms with Crippen molar-refractivity contribution in [2.24, 2.45) is 33.3 Å². The number of ether oxygens (including phenoxy) is 3. The van der Waals surface area contributed by atoms with Crippen LogP contribution in [-0.2, 0) is 72.4 Å². The van der Waals surface area contributed by atoms with Gasteiger partial charge in [0, 0.05) is 26.1 Å². The molecule has 1 aliphatic rings. The number of nitrogens with two attached hydrogens (primary N) is 2. The number of hydrogen-bond donors (Lipinski definition) is 10. The van der Waals surface area contributed by atoms with Crippen LogP contribution in [0.4, 0.5) is 4.79 Å². The van der Waals surface area contributed by atoms with Crippen LogP contribution in [0.3, 0.4) is 0 Å². The lowest BCUT2D eigenvalue weighted by Crippen LogP contribution is -2.61. The number of hydrazine groups is 2. The summed E-state index contributed by atoms with van der Waals surface area (Å²) in [4.78, 5) is 155. The van der Waals surface area contributed by atoms with Crippen molar-refractivity contribution >= 4 is 65.4 Å². The Hall–Kier alpha value is -9.97. The van der Waals surface area contributed by atoms with Crippen molar-refractivity contribution in [1.82, 2.24) is 47.7 Å². The van der Waals surface area contributed by atoms with E-state index in [2.05, 4.69) is 41.9 Å². The molecule has 4 rings (SSSR count). The van der Waals surface area contributed by atoms with Gasteiger partial charge in [-0.15, -0.1) is 0 Å². The molecule has 0 radical (unpaired) electrons. The normalized spacial score (nSPS) is 14.8. The topological polar surface area (TPSA) is 444 Å². The zero-order valence-electron chi connectivity index (χ0n) is 48.8. The van der Waals surface area contributed by atoms with Crippen LogP contribution >= 0.6 is 0 Å². The molecular weight excluding hydrogens is 1140 g/mol. The highest BCUT2D eigenvalue weighted by Crippen LogP contribution is 2.19. The van der Waals surface area contributed by atoms with E-state index in [1.54, 1.807) is 130 Å². The fourth-order valence-corrected chi connectivity index (χ4v) is 8.67. The van der Waals surface area contributed by atoms with E-state index in [4.69, 9.17) is 25.7 Å². The molecule has 12 N–H and O–H groups in total. The molecule has 0 aromatic heterocycles. The quantitative estimate of drug-likeness (QED) is 0.00747. The van der Waals surface area contributed by atoms with Gasteiger partial charge in [-0.25, -0.2) is 39.8 Å². The lowest BCUT2D eigenvalue weighted by atomic mass is 9.98. The average Bonchev–Trinajstić information content (AvgIpc) is 3.65. The summed E-state index contributed by atoms with van der Waals surface area (Å²) in [5.74, 6) is -9.02. The summed E-state index contributed by atoms with van der Waals surface area (Å²) >= 11 is 0. The largest absolute Gasteiger partial charge is 0.461 e. The van der Waals surface area contributed by atoms with E-state index >= 15 is 0 Å². The maximum Gasteiger partial charge on any atom is 0.407 e. The van der Waals surface area contributed by atoms with Crippen LogP contribution in [0.2, 0.25) is 0 Å². The first-order valence-electron chi connectivity index (χ1n) is 28.1. The van der Waals surface area contributed by atoms with E-state index in [0.717, 1.165) is 0 Å². The Balaban J connectivity index is 1.53. The Morgan fingerprint density at radius 2 is 1.02 bits per heavy atom. The van der Waals surface area contributed by atoms with Crippen LogP contribution in [0.15, 0.2) is 101 Å². The minimum Gasteiger partial charge on any atom is -0.461 e. The number of likely N-dealkylation sites (tertiary alicyclic amines) is 1. The van der Waals surface area contributed by atoms with E-state index in [1.807, 2.05) is 0 Å². The van der Waals surface area contributed by atoms with Gasteiger partial charge in [-0.05, 0) is 73.5 Å². The number of aliphatic imine (C=N–C) groups is 2. The Morgan fingerprint density at radius 3 is 1.53 bits per heavy atom. The standard InChI is InChI=1S/C56H77N15O16/c1-35(2)46(51(77)63-41(26-27-45(73)85-32-37-17-8-5-9-18-37)48(74)64-42(24-15-29-60-55(58)68-71(83)84)53(79)86-33-38-19-10-6-11-20-38)66-52(78)47(36(3)4)65-49(75)40(23-14-28-59-54(57)67-70(81)82)62-50(76)43-25-16-30-69(43)44(72)31-61-56(80)87-34-39-21-12-7-13-22-39/h5-13,17-22,35-36,40-43,46-47H,14-16,23-34H2,1-4H3,(H,61,80)(H,62,76)(H,63,77)(H,64,74)(H,65,75)(H,66,78)(H3,57,59,67)(H3,58,60,68)/t40-,41-,42-,43-,46-,47-/m0/s1. The number of nitro groups is 2. The molecule has 0 bridgehead atoms. The molecule has 7 amide bonds. The van der Waals surface area contributed by atoms with E-state index < -0.39 is 137 Å². The van der Waals surface area contributed by atoms with Gasteiger partial charge in [0.05, 0.1) is 0 Å². The number of amides is 7. The van der Waals surface area contributed by atoms with Gasteiger partial charge >= 0.3 is 18.0 Å². The summed E-state index contributed by atoms with van der Waals surface area (Å²) in [6, 6.07) is 17.9. The first kappa shape index (κ1) is 69.5. The summed E-state index contributed by atoms with van der Waals surface area (Å²) in [6.45, 7) is 5.38. The highest BCUT2D eigenvalue weighted by Gasteiger charge is 2.38. The lowest BCUT2D eigenvalue weighted by molar-refractivity contribution is -0.525. The monoisotopic (exact) mass is 1220 g/mol. The highest BCUT2D eigenvalue weighted by molar-refractivity contribution is 5.97. The number of rotatable bonds is 34. The van der Waals surface area contributed by atoms with E-state index in [0.29, 0.717) is 23.1 Å². The van der Waals surface area contributed by atoms with E-state index in [9.17, 15) is 63.4 Å². The van der Waals surface area contributed by atoms with Crippen LogP contribution in [0.5, 0.6) is 0 Å². The van der Waals surface area contributed by atoms with Crippen LogP contribution in [0, 0.1) is 32.1 Å². The maximum absolute atomic E-state index is 14.4. The zero-order valence-corrected chi connectivity index (χ0v) is 48.8. The number of carbonyl (C=O) groups is 9. The molecule has 0 aliphatic carbocycles. The van der Waals surface area contributed by atoms with Crippen LogP contribution in [0.25, 0.3) is 0 Å². The third-order valence-corrected chi connectivity index (χ3v) is 13.2. The van der Waals surface area contributed by atoms with Crippen molar-refractivity contribution in [2.75, 3.05) is 26.2 Å². The summed E-state index contributed by atoms with van der Waals surface area (Å²) in [6.07, 6.45) is -1.32. The van der Waals surface area contributed by atoms with Gasteiger partial charge in [0.1, 0.15) is 62.6 Å². The number of hydrogen-bond acceptors (Lipinski definition) is 18. The fraction of sp³-hybridized carbons (Fsp3) is 0.482. The van der Waals surface area contributed by atoms with Gasteiger partial charge < -0.3 is 62.5 Å². The minimum absolute atomic E-state index is 0.0113. The molecule has 3 aromatic rings. The average molecular weight is 1220 g/mol. The second-order valence-corrected chi connectivity index (χ2v) is 20.6. The molecule has 1 fully saturated rings. The number of nitrogens with zero attached hydrogens (tertiary/aromatic N) is 5. The Labute approximate surface area is 501 Å². The first-order chi connectivity index (χ1) is 41.5. The van der Waals surface area contributed by atoms with Crippen molar-refractivity contribution in [1.29, 1.82) is 0 Å². The zero-order chi connectivity index (χ0) is 63.8. The molecule has 1 heterocycles. The number of benzene rings is 3. The molecule has 1 aliphatic heterocycles. The van der Waals surface area contributed by atoms with Crippen molar-refractivity contribution in [3.63, 3.8) is 0 Å². The number of guanidine groups is 2. The van der Waals surface area contributed by atoms with E-state index in [-0.39, 0.29) is 78.0 Å². The van der Waals surface area contributed by atoms with E-state index in [1.165, 1.54) is 4.90 Å².